The van der Waals surface area contributed by atoms with Crippen molar-refractivity contribution < 1.29 is 19.2 Å². The lowest BCUT2D eigenvalue weighted by molar-refractivity contribution is -0.139. The van der Waals surface area contributed by atoms with E-state index in [0.29, 0.717) is 57.4 Å². The second kappa shape index (κ2) is 26.4. The first-order valence-corrected chi connectivity index (χ1v) is 17.8. The second-order valence-electron chi connectivity index (χ2n) is 12.1. The lowest BCUT2D eigenvalue weighted by atomic mass is 9.85. The van der Waals surface area contributed by atoms with Gasteiger partial charge in [-0.05, 0) is 52.5 Å². The number of primary amides is 1. The number of nitrogens with zero attached hydrogens (tertiary/aromatic N) is 5. The van der Waals surface area contributed by atoms with Gasteiger partial charge in [0.2, 0.25) is 12.3 Å². The molecule has 11 heteroatoms. The van der Waals surface area contributed by atoms with Gasteiger partial charge in [-0.2, -0.15) is 0 Å². The van der Waals surface area contributed by atoms with E-state index in [1.807, 2.05) is 53.4 Å². The van der Waals surface area contributed by atoms with E-state index in [-0.39, 0.29) is 31.2 Å². The molecule has 3 N–H and O–H groups in total. The lowest BCUT2D eigenvalue weighted by Gasteiger charge is -2.43. The van der Waals surface area contributed by atoms with Gasteiger partial charge in [-0.25, -0.2) is 0 Å². The third kappa shape index (κ3) is 16.3. The Bertz CT molecular complexity index is 968. The first kappa shape index (κ1) is 45.5. The molecule has 2 amide bonds. The molecule has 0 saturated carbocycles. The van der Waals surface area contributed by atoms with Crippen LogP contribution < -0.4 is 11.1 Å². The predicted octanol–water partition coefficient (Wildman–Crippen LogP) is 5.69. The maximum atomic E-state index is 14.0. The molecule has 1 aromatic rings. The van der Waals surface area contributed by atoms with Crippen LogP contribution in [0.15, 0.2) is 6.20 Å². The van der Waals surface area contributed by atoms with Gasteiger partial charge in [-0.15, -0.1) is 5.10 Å². The highest BCUT2D eigenvalue weighted by Crippen LogP contribution is 2.28. The Morgan fingerprint density at radius 2 is 1.43 bits per heavy atom. The second-order valence-corrected chi connectivity index (χ2v) is 12.1. The Labute approximate surface area is 280 Å². The Morgan fingerprint density at radius 1 is 0.848 bits per heavy atom. The third-order valence-corrected chi connectivity index (χ3v) is 8.59. The van der Waals surface area contributed by atoms with E-state index >= 15 is 0 Å². The van der Waals surface area contributed by atoms with Gasteiger partial charge in [-0.3, -0.25) is 33.7 Å². The van der Waals surface area contributed by atoms with Crippen molar-refractivity contribution in [3.05, 3.63) is 11.9 Å². The molecule has 0 radical (unpaired) electrons. The lowest BCUT2D eigenvalue weighted by Crippen LogP contribution is -2.60. The summed E-state index contributed by atoms with van der Waals surface area (Å²) in [5.74, 6) is -0.426. The number of unbranched alkanes of at least 4 members (excludes halogenated alkanes) is 4. The van der Waals surface area contributed by atoms with E-state index in [0.717, 1.165) is 25.7 Å². The first-order valence-electron chi connectivity index (χ1n) is 17.8. The Kier molecular flexibility index (Phi) is 26.1. The maximum absolute atomic E-state index is 14.0. The minimum atomic E-state index is -1.00. The van der Waals surface area contributed by atoms with Gasteiger partial charge in [0.1, 0.15) is 0 Å². The molecule has 0 saturated heterocycles. The molecule has 1 aromatic heterocycles. The van der Waals surface area contributed by atoms with Gasteiger partial charge in [-0.1, -0.05) is 92.7 Å². The molecule has 11 nitrogen and oxygen atoms in total. The Morgan fingerprint density at radius 3 is 1.91 bits per heavy atom. The quantitative estimate of drug-likeness (QED) is 0.101. The van der Waals surface area contributed by atoms with Crippen LogP contribution in [0.3, 0.4) is 0 Å². The van der Waals surface area contributed by atoms with Crippen LogP contribution in [-0.2, 0) is 32.3 Å². The number of nitrogens with two attached hydrogens (primary N) is 1. The molecule has 0 aliphatic rings. The van der Waals surface area contributed by atoms with Crippen molar-refractivity contribution in [2.45, 2.75) is 164 Å². The number of nitrogens with one attached hydrogen (secondary N) is 1. The monoisotopic (exact) mass is 652 g/mol. The van der Waals surface area contributed by atoms with Crippen LogP contribution >= 0.6 is 0 Å². The van der Waals surface area contributed by atoms with Crippen molar-refractivity contribution in [3.63, 3.8) is 0 Å². The fourth-order valence-corrected chi connectivity index (χ4v) is 5.18. The summed E-state index contributed by atoms with van der Waals surface area (Å²) >= 11 is 0. The van der Waals surface area contributed by atoms with Crippen LogP contribution in [0.2, 0.25) is 0 Å². The van der Waals surface area contributed by atoms with Crippen molar-refractivity contribution >= 4 is 23.9 Å². The minimum absolute atomic E-state index is 0.0620. The van der Waals surface area contributed by atoms with E-state index in [1.165, 1.54) is 19.3 Å². The van der Waals surface area contributed by atoms with Gasteiger partial charge in [0.25, 0.3) is 0 Å². The normalized spacial score (nSPS) is 13.5. The average Bonchev–Trinajstić information content (AvgIpc) is 3.50. The SMILES string of the molecule is CC.CCCCC.CCCCCC(=O)C(C)(CC)N(CCC)CC(=O)C(C)(CC)N(CC(N)=O)Cc1cn(CCCNC=O)nn1. The summed E-state index contributed by atoms with van der Waals surface area (Å²) in [5, 5.41) is 11.0. The van der Waals surface area contributed by atoms with Gasteiger partial charge in [0, 0.05) is 32.3 Å². The van der Waals surface area contributed by atoms with E-state index in [9.17, 15) is 19.2 Å². The molecule has 0 bridgehead atoms. The van der Waals surface area contributed by atoms with Crippen LogP contribution in [-0.4, -0.2) is 85.9 Å². The first-order chi connectivity index (χ1) is 21.9. The zero-order valence-corrected chi connectivity index (χ0v) is 31.1. The van der Waals surface area contributed by atoms with Crippen molar-refractivity contribution in [3.8, 4) is 0 Å². The van der Waals surface area contributed by atoms with E-state index in [4.69, 9.17) is 5.73 Å². The van der Waals surface area contributed by atoms with Crippen molar-refractivity contribution in [1.29, 1.82) is 0 Å². The van der Waals surface area contributed by atoms with Crippen molar-refractivity contribution in [2.24, 2.45) is 5.73 Å². The zero-order chi connectivity index (χ0) is 35.6. The van der Waals surface area contributed by atoms with Crippen LogP contribution in [0.5, 0.6) is 0 Å². The number of carbonyl (C=O) groups excluding carboxylic acids is 4. The van der Waals surface area contributed by atoms with E-state index in [2.05, 4.69) is 36.4 Å². The number of rotatable bonds is 25. The van der Waals surface area contributed by atoms with Gasteiger partial charge in [0.15, 0.2) is 11.6 Å². The summed E-state index contributed by atoms with van der Waals surface area (Å²) < 4.78 is 1.68. The highest BCUT2D eigenvalue weighted by molar-refractivity contribution is 5.92. The molecular formula is C35H69N7O4. The van der Waals surface area contributed by atoms with Crippen LogP contribution in [0.4, 0.5) is 0 Å². The summed E-state index contributed by atoms with van der Waals surface area (Å²) in [6.45, 7) is 22.2. The maximum Gasteiger partial charge on any atom is 0.231 e. The number of aromatic nitrogens is 3. The summed E-state index contributed by atoms with van der Waals surface area (Å²) in [5.41, 5.74) is 4.49. The molecule has 268 valence electrons. The minimum Gasteiger partial charge on any atom is -0.369 e. The highest BCUT2D eigenvalue weighted by atomic mass is 16.2. The predicted molar refractivity (Wildman–Crippen MR) is 188 cm³/mol. The molecule has 0 aromatic carbocycles. The number of hydrogen-bond donors (Lipinski definition) is 2. The smallest absolute Gasteiger partial charge is 0.231 e. The van der Waals surface area contributed by atoms with Crippen LogP contribution in [0.25, 0.3) is 0 Å². The Balaban J connectivity index is 0. The standard InChI is InChI=1S/C28H51N7O4.C5H12.C2H6/c1-7-11-12-14-24(37)27(5,9-3)33(16-8-2)20-25(38)28(6,10-4)34(21-26(29)39)18-23-19-35(32-31-23)17-13-15-30-22-36;1-3-5-4-2;1-2/h19,22H,7-18,20-21H2,1-6H3,(H2,29,39)(H,30,36);3-5H2,1-2H3;1-2H3. The van der Waals surface area contributed by atoms with Crippen LogP contribution in [0.1, 0.15) is 146 Å². The molecule has 0 spiro atoms. The topological polar surface area (TPSA) is 144 Å². The average molecular weight is 652 g/mol. The molecule has 1 heterocycles. The van der Waals surface area contributed by atoms with Gasteiger partial charge < -0.3 is 11.1 Å². The van der Waals surface area contributed by atoms with Gasteiger partial charge >= 0.3 is 0 Å². The number of aryl methyl sites for hydroxylation is 1. The number of Topliss-reactive ketones (excluding diaryl/α,β-unsaturated/α-hetero) is 2. The molecule has 1 rings (SSSR count). The molecule has 0 aliphatic heterocycles. The molecular weight excluding hydrogens is 582 g/mol. The molecule has 2 unspecified atom stereocenters. The number of amides is 2. The molecule has 0 fully saturated rings. The third-order valence-electron chi connectivity index (χ3n) is 8.59. The van der Waals surface area contributed by atoms with E-state index in [1.54, 1.807) is 15.8 Å². The van der Waals surface area contributed by atoms with Crippen molar-refractivity contribution in [1.82, 2.24) is 30.1 Å². The van der Waals surface area contributed by atoms with Gasteiger partial charge in [0.05, 0.1) is 29.9 Å². The fraction of sp³-hybridized carbons (Fsp3) is 0.829. The zero-order valence-electron chi connectivity index (χ0n) is 31.1. The van der Waals surface area contributed by atoms with E-state index < -0.39 is 17.0 Å². The Hall–Kier alpha value is -2.66. The molecule has 2 atom stereocenters. The summed E-state index contributed by atoms with van der Waals surface area (Å²) in [6.07, 6.45) is 12.5. The molecule has 46 heavy (non-hydrogen) atoms. The van der Waals surface area contributed by atoms with Crippen LogP contribution in [0, 0.1) is 0 Å². The number of carbonyl (C=O) groups is 4. The summed E-state index contributed by atoms with van der Waals surface area (Å²) in [6, 6.07) is 0. The number of ketones is 2. The summed E-state index contributed by atoms with van der Waals surface area (Å²) in [4.78, 5) is 53.7. The van der Waals surface area contributed by atoms with Crippen molar-refractivity contribution in [2.75, 3.05) is 26.2 Å². The summed E-state index contributed by atoms with van der Waals surface area (Å²) in [7, 11) is 0. The number of hydrogen-bond acceptors (Lipinski definition) is 8. The highest BCUT2D eigenvalue weighted by Gasteiger charge is 2.43. The molecule has 0 aliphatic carbocycles. The fourth-order valence-electron chi connectivity index (χ4n) is 5.18. The largest absolute Gasteiger partial charge is 0.369 e.